The Hall–Kier alpha value is -0.610. The predicted octanol–water partition coefficient (Wildman–Crippen LogP) is 2.37. The summed E-state index contributed by atoms with van der Waals surface area (Å²) in [5, 5.41) is 4.45. The first-order chi connectivity index (χ1) is 9.54. The summed E-state index contributed by atoms with van der Waals surface area (Å²) in [4.78, 5) is 4.93. The third kappa shape index (κ3) is 4.74. The molecule has 0 radical (unpaired) electrons. The fourth-order valence-corrected chi connectivity index (χ4v) is 2.72. The lowest BCUT2D eigenvalue weighted by Gasteiger charge is -2.34. The molecule has 20 heavy (non-hydrogen) atoms. The quantitative estimate of drug-likeness (QED) is 0.900. The number of hydrogen-bond donors (Lipinski definition) is 1. The summed E-state index contributed by atoms with van der Waals surface area (Å²) in [5.41, 5.74) is 2.40. The molecule has 0 saturated carbocycles. The molecule has 1 fully saturated rings. The molecule has 0 bridgehead atoms. The van der Waals surface area contributed by atoms with Crippen molar-refractivity contribution in [2.75, 3.05) is 39.8 Å². The number of likely N-dealkylation sites (N-methyl/N-ethyl adjacent to an activating group) is 1. The Bertz CT molecular complexity index is 428. The second kappa shape index (κ2) is 7.41. The van der Waals surface area contributed by atoms with E-state index in [4.69, 9.17) is 11.6 Å². The lowest BCUT2D eigenvalue weighted by Crippen LogP contribution is -2.48. The molecule has 112 valence electrons. The van der Waals surface area contributed by atoms with Crippen LogP contribution in [0.4, 0.5) is 0 Å². The number of aryl methyl sites for hydroxylation is 1. The lowest BCUT2D eigenvalue weighted by atomic mass is 10.1. The smallest absolute Gasteiger partial charge is 0.0438 e. The normalized spacial score (nSPS) is 19.2. The molecule has 3 nitrogen and oxygen atoms in total. The van der Waals surface area contributed by atoms with Crippen molar-refractivity contribution in [2.45, 2.75) is 26.4 Å². The van der Waals surface area contributed by atoms with Crippen molar-refractivity contribution in [3.8, 4) is 0 Å². The standard InChI is InChI=1S/C16H26ClN3/c1-13-4-5-15(10-16(13)17)11-18-14(2)12-20-8-6-19(3)7-9-20/h4-5,10,14,18H,6-9,11-12H2,1-3H3/t14-/m0/s1. The Morgan fingerprint density at radius 3 is 2.60 bits per heavy atom. The Labute approximate surface area is 127 Å². The number of nitrogens with one attached hydrogen (secondary N) is 1. The second-order valence-electron chi connectivity index (χ2n) is 5.97. The molecule has 1 saturated heterocycles. The maximum absolute atomic E-state index is 6.16. The number of hydrogen-bond acceptors (Lipinski definition) is 3. The van der Waals surface area contributed by atoms with Crippen LogP contribution in [0.15, 0.2) is 18.2 Å². The van der Waals surface area contributed by atoms with Crippen molar-refractivity contribution in [3.63, 3.8) is 0 Å². The topological polar surface area (TPSA) is 18.5 Å². The highest BCUT2D eigenvalue weighted by Gasteiger charge is 2.15. The van der Waals surface area contributed by atoms with E-state index in [2.05, 4.69) is 47.3 Å². The van der Waals surface area contributed by atoms with Crippen LogP contribution in [0.3, 0.4) is 0 Å². The predicted molar refractivity (Wildman–Crippen MR) is 86.4 cm³/mol. The summed E-state index contributed by atoms with van der Waals surface area (Å²) in [6, 6.07) is 6.80. The monoisotopic (exact) mass is 295 g/mol. The molecule has 1 aliphatic heterocycles. The second-order valence-corrected chi connectivity index (χ2v) is 6.38. The van der Waals surface area contributed by atoms with Crippen LogP contribution in [-0.2, 0) is 6.54 Å². The Kier molecular flexibility index (Phi) is 5.85. The molecule has 1 heterocycles. The summed E-state index contributed by atoms with van der Waals surface area (Å²) in [6.45, 7) is 11.0. The average molecular weight is 296 g/mol. The van der Waals surface area contributed by atoms with Gasteiger partial charge in [-0.05, 0) is 38.1 Å². The average Bonchev–Trinajstić information content (AvgIpc) is 2.43. The number of nitrogens with zero attached hydrogens (tertiary/aromatic N) is 2. The molecule has 0 amide bonds. The summed E-state index contributed by atoms with van der Waals surface area (Å²) in [5.74, 6) is 0. The van der Waals surface area contributed by atoms with E-state index in [0.29, 0.717) is 6.04 Å². The van der Waals surface area contributed by atoms with Crippen molar-refractivity contribution in [1.29, 1.82) is 0 Å². The first-order valence-electron chi connectivity index (χ1n) is 7.44. The van der Waals surface area contributed by atoms with Crippen molar-refractivity contribution >= 4 is 11.6 Å². The van der Waals surface area contributed by atoms with E-state index in [1.54, 1.807) is 0 Å². The van der Waals surface area contributed by atoms with E-state index in [0.717, 1.165) is 23.7 Å². The van der Waals surface area contributed by atoms with Crippen molar-refractivity contribution < 1.29 is 0 Å². The van der Waals surface area contributed by atoms with Crippen LogP contribution in [0.1, 0.15) is 18.1 Å². The molecule has 1 aromatic rings. The van der Waals surface area contributed by atoms with Gasteiger partial charge in [-0.15, -0.1) is 0 Å². The van der Waals surface area contributed by atoms with Gasteiger partial charge < -0.3 is 10.2 Å². The number of halogens is 1. The van der Waals surface area contributed by atoms with E-state index < -0.39 is 0 Å². The SMILES string of the molecule is Cc1ccc(CN[C@@H](C)CN2CCN(C)CC2)cc1Cl. The molecule has 0 unspecified atom stereocenters. The van der Waals surface area contributed by atoms with Gasteiger partial charge in [-0.2, -0.15) is 0 Å². The minimum absolute atomic E-state index is 0.499. The molecule has 1 N–H and O–H groups in total. The van der Waals surface area contributed by atoms with Crippen molar-refractivity contribution in [3.05, 3.63) is 34.3 Å². The van der Waals surface area contributed by atoms with Crippen LogP contribution < -0.4 is 5.32 Å². The maximum Gasteiger partial charge on any atom is 0.0438 e. The number of piperazine rings is 1. The van der Waals surface area contributed by atoms with Crippen molar-refractivity contribution in [2.24, 2.45) is 0 Å². The fourth-order valence-electron chi connectivity index (χ4n) is 2.52. The first-order valence-corrected chi connectivity index (χ1v) is 7.81. The highest BCUT2D eigenvalue weighted by atomic mass is 35.5. The van der Waals surface area contributed by atoms with E-state index in [9.17, 15) is 0 Å². The zero-order valence-electron chi connectivity index (χ0n) is 12.8. The number of rotatable bonds is 5. The van der Waals surface area contributed by atoms with Gasteiger partial charge in [0.2, 0.25) is 0 Å². The highest BCUT2D eigenvalue weighted by Crippen LogP contribution is 2.16. The summed E-state index contributed by atoms with van der Waals surface area (Å²) in [6.07, 6.45) is 0. The third-order valence-electron chi connectivity index (χ3n) is 4.02. The molecule has 1 aromatic carbocycles. The summed E-state index contributed by atoms with van der Waals surface area (Å²) >= 11 is 6.16. The highest BCUT2D eigenvalue weighted by molar-refractivity contribution is 6.31. The summed E-state index contributed by atoms with van der Waals surface area (Å²) in [7, 11) is 2.19. The largest absolute Gasteiger partial charge is 0.309 e. The zero-order valence-corrected chi connectivity index (χ0v) is 13.6. The zero-order chi connectivity index (χ0) is 14.5. The maximum atomic E-state index is 6.16. The fraction of sp³-hybridized carbons (Fsp3) is 0.625. The molecule has 2 rings (SSSR count). The molecular weight excluding hydrogens is 270 g/mol. The van der Waals surface area contributed by atoms with Gasteiger partial charge in [-0.3, -0.25) is 4.90 Å². The Morgan fingerprint density at radius 1 is 1.25 bits per heavy atom. The van der Waals surface area contributed by atoms with E-state index >= 15 is 0 Å². The van der Waals surface area contributed by atoms with Gasteiger partial charge in [-0.25, -0.2) is 0 Å². The molecule has 0 aliphatic carbocycles. The minimum atomic E-state index is 0.499. The molecule has 0 aromatic heterocycles. The van der Waals surface area contributed by atoms with Crippen LogP contribution in [0.2, 0.25) is 5.02 Å². The van der Waals surface area contributed by atoms with Crippen LogP contribution in [0, 0.1) is 6.92 Å². The van der Waals surface area contributed by atoms with Gasteiger partial charge in [0.05, 0.1) is 0 Å². The Balaban J connectivity index is 1.74. The molecule has 1 atom stereocenters. The molecule has 4 heteroatoms. The van der Waals surface area contributed by atoms with E-state index in [-0.39, 0.29) is 0 Å². The molecule has 1 aliphatic rings. The van der Waals surface area contributed by atoms with Gasteiger partial charge in [0.15, 0.2) is 0 Å². The number of benzene rings is 1. The van der Waals surface area contributed by atoms with Gasteiger partial charge in [0.25, 0.3) is 0 Å². The van der Waals surface area contributed by atoms with Crippen LogP contribution >= 0.6 is 11.6 Å². The van der Waals surface area contributed by atoms with Gasteiger partial charge in [0.1, 0.15) is 0 Å². The van der Waals surface area contributed by atoms with E-state index in [1.165, 1.54) is 31.7 Å². The van der Waals surface area contributed by atoms with E-state index in [1.807, 2.05) is 6.92 Å². The van der Waals surface area contributed by atoms with Crippen LogP contribution in [0.5, 0.6) is 0 Å². The molecule has 0 spiro atoms. The lowest BCUT2D eigenvalue weighted by molar-refractivity contribution is 0.144. The van der Waals surface area contributed by atoms with Crippen molar-refractivity contribution in [1.82, 2.24) is 15.1 Å². The first kappa shape index (κ1) is 15.8. The third-order valence-corrected chi connectivity index (χ3v) is 4.43. The van der Waals surface area contributed by atoms with Gasteiger partial charge in [-0.1, -0.05) is 23.7 Å². The van der Waals surface area contributed by atoms with Gasteiger partial charge in [0, 0.05) is 50.3 Å². The molecular formula is C16H26ClN3. The summed E-state index contributed by atoms with van der Waals surface area (Å²) < 4.78 is 0. The Morgan fingerprint density at radius 2 is 1.95 bits per heavy atom. The van der Waals surface area contributed by atoms with Crippen LogP contribution in [-0.4, -0.2) is 55.6 Å². The van der Waals surface area contributed by atoms with Gasteiger partial charge >= 0.3 is 0 Å². The minimum Gasteiger partial charge on any atom is -0.309 e. The van der Waals surface area contributed by atoms with Crippen LogP contribution in [0.25, 0.3) is 0 Å².